The Hall–Kier alpha value is -3.39. The fourth-order valence-electron chi connectivity index (χ4n) is 5.73. The molecule has 2 amide bonds. The molecule has 3 atom stereocenters. The summed E-state index contributed by atoms with van der Waals surface area (Å²) in [5, 5.41) is 13.8. The lowest BCUT2D eigenvalue weighted by atomic mass is 9.73. The van der Waals surface area contributed by atoms with Crippen LogP contribution in [0.4, 0.5) is 13.2 Å². The first kappa shape index (κ1) is 33.1. The van der Waals surface area contributed by atoms with Crippen molar-refractivity contribution in [3.05, 3.63) is 23.8 Å². The van der Waals surface area contributed by atoms with Crippen LogP contribution in [0.5, 0.6) is 11.5 Å². The normalized spacial score (nSPS) is 22.0. The second kappa shape index (κ2) is 14.2. The standard InChI is InChI=1S/C26H39N5O4.C2HF3O2/c1-29(2)16-21(27)26(33)30-13-11-18(12-14-30)31-25(32)20-8-6-5-7-19(20)24(28-31)17-9-10-22(34-3)23(15-17)35-4;3-2(4,5)1(6)7/h9-10,15,18-21H,5-8,11-14,16,27H2,1-4H3;(H,6,7)/t19-,20+,21-;/m0./s1. The Bertz CT molecular complexity index is 1150. The lowest BCUT2D eigenvalue weighted by Crippen LogP contribution is -2.55. The van der Waals surface area contributed by atoms with Crippen LogP contribution in [0, 0.1) is 11.8 Å². The molecule has 4 rings (SSSR count). The van der Waals surface area contributed by atoms with Crippen molar-refractivity contribution in [1.82, 2.24) is 14.8 Å². The van der Waals surface area contributed by atoms with Gasteiger partial charge in [0, 0.05) is 37.0 Å². The number of methoxy groups -OCH3 is 2. The number of carbonyl (C=O) groups excluding carboxylic acids is 2. The number of benzene rings is 1. The molecule has 1 aliphatic carbocycles. The smallest absolute Gasteiger partial charge is 0.490 e. The number of carboxylic acids is 1. The first-order valence-electron chi connectivity index (χ1n) is 13.9. The molecule has 1 saturated heterocycles. The van der Waals surface area contributed by atoms with Gasteiger partial charge in [0.15, 0.2) is 11.5 Å². The van der Waals surface area contributed by atoms with E-state index in [4.69, 9.17) is 30.2 Å². The highest BCUT2D eigenvalue weighted by molar-refractivity contribution is 6.07. The molecule has 0 spiro atoms. The second-order valence-electron chi connectivity index (χ2n) is 11.0. The highest BCUT2D eigenvalue weighted by atomic mass is 19.4. The number of aliphatic carboxylic acids is 1. The second-order valence-corrected chi connectivity index (χ2v) is 11.0. The van der Waals surface area contributed by atoms with Gasteiger partial charge >= 0.3 is 12.1 Å². The summed E-state index contributed by atoms with van der Waals surface area (Å²) in [4.78, 5) is 39.0. The molecule has 14 heteroatoms. The molecule has 1 aromatic carbocycles. The molecule has 1 saturated carbocycles. The molecular formula is C28H40F3N5O6. The number of hydrogen-bond acceptors (Lipinski definition) is 8. The summed E-state index contributed by atoms with van der Waals surface area (Å²) in [6, 6.07) is 5.32. The van der Waals surface area contributed by atoms with Gasteiger partial charge in [-0.3, -0.25) is 9.59 Å². The average molecular weight is 600 g/mol. The number of alkyl halides is 3. The van der Waals surface area contributed by atoms with E-state index in [1.165, 1.54) is 0 Å². The van der Waals surface area contributed by atoms with Gasteiger partial charge in [-0.2, -0.15) is 18.3 Å². The van der Waals surface area contributed by atoms with Crippen molar-refractivity contribution < 1.29 is 42.1 Å². The molecule has 2 aliphatic heterocycles. The minimum Gasteiger partial charge on any atom is -0.493 e. The number of amides is 2. The topological polar surface area (TPSA) is 138 Å². The Morgan fingerprint density at radius 2 is 1.64 bits per heavy atom. The summed E-state index contributed by atoms with van der Waals surface area (Å²) >= 11 is 0. The third kappa shape index (κ3) is 7.91. The average Bonchev–Trinajstić information content (AvgIpc) is 2.96. The number of likely N-dealkylation sites (N-methyl/N-ethyl adjacent to an activating group) is 1. The zero-order chi connectivity index (χ0) is 31.2. The number of piperidine rings is 1. The number of nitrogens with zero attached hydrogens (tertiary/aromatic N) is 4. The fraction of sp³-hybridized carbons (Fsp3) is 0.643. The monoisotopic (exact) mass is 599 g/mol. The number of carboxylic acid groups (broad SMARTS) is 1. The first-order valence-corrected chi connectivity index (χ1v) is 13.9. The largest absolute Gasteiger partial charge is 0.493 e. The maximum atomic E-state index is 13.6. The molecule has 0 aromatic heterocycles. The SMILES string of the molecule is COc1ccc(C2=NN(C3CCN(C(=O)[C@@H](N)CN(C)C)CC3)C(=O)[C@@H]3CCCC[C@H]23)cc1OC.O=C(O)C(F)(F)F. The van der Waals surface area contributed by atoms with E-state index in [1.807, 2.05) is 42.1 Å². The van der Waals surface area contributed by atoms with Gasteiger partial charge in [-0.1, -0.05) is 12.8 Å². The van der Waals surface area contributed by atoms with Crippen LogP contribution in [0.3, 0.4) is 0 Å². The van der Waals surface area contributed by atoms with E-state index in [1.54, 1.807) is 19.2 Å². The minimum atomic E-state index is -5.08. The third-order valence-corrected chi connectivity index (χ3v) is 7.80. The number of likely N-dealkylation sites (tertiary alicyclic amines) is 1. The number of hydrazone groups is 1. The summed E-state index contributed by atoms with van der Waals surface area (Å²) in [6.07, 6.45) is 0.348. The van der Waals surface area contributed by atoms with Crippen molar-refractivity contribution in [2.45, 2.75) is 56.8 Å². The van der Waals surface area contributed by atoms with Crippen molar-refractivity contribution in [2.24, 2.45) is 22.7 Å². The van der Waals surface area contributed by atoms with Crippen LogP contribution in [0.25, 0.3) is 0 Å². The van der Waals surface area contributed by atoms with Gasteiger partial charge in [0.25, 0.3) is 0 Å². The van der Waals surface area contributed by atoms with Gasteiger partial charge < -0.3 is 30.1 Å². The fourth-order valence-corrected chi connectivity index (χ4v) is 5.73. The van der Waals surface area contributed by atoms with Crippen molar-refractivity contribution >= 4 is 23.5 Å². The van der Waals surface area contributed by atoms with E-state index in [-0.39, 0.29) is 29.7 Å². The molecule has 2 fully saturated rings. The molecular weight excluding hydrogens is 559 g/mol. The highest BCUT2D eigenvalue weighted by Crippen LogP contribution is 2.40. The van der Waals surface area contributed by atoms with Crippen LogP contribution in [-0.2, 0) is 14.4 Å². The number of rotatable bonds is 7. The van der Waals surface area contributed by atoms with Gasteiger partial charge in [0.2, 0.25) is 11.8 Å². The number of carbonyl (C=O) groups is 3. The summed E-state index contributed by atoms with van der Waals surface area (Å²) in [6.45, 7) is 1.69. The lowest BCUT2D eigenvalue weighted by molar-refractivity contribution is -0.192. The molecule has 42 heavy (non-hydrogen) atoms. The van der Waals surface area contributed by atoms with Crippen molar-refractivity contribution in [1.29, 1.82) is 0 Å². The number of fused-ring (bicyclic) bond motifs is 1. The van der Waals surface area contributed by atoms with Gasteiger partial charge in [-0.15, -0.1) is 0 Å². The number of nitrogens with two attached hydrogens (primary N) is 1. The summed E-state index contributed by atoms with van der Waals surface area (Å²) < 4.78 is 42.7. The van der Waals surface area contributed by atoms with Crippen molar-refractivity contribution in [3.63, 3.8) is 0 Å². The maximum absolute atomic E-state index is 13.6. The van der Waals surface area contributed by atoms with Crippen LogP contribution >= 0.6 is 0 Å². The predicted molar refractivity (Wildman–Crippen MR) is 148 cm³/mol. The summed E-state index contributed by atoms with van der Waals surface area (Å²) in [5.74, 6) is -1.24. The molecule has 11 nitrogen and oxygen atoms in total. The number of halogens is 3. The summed E-state index contributed by atoms with van der Waals surface area (Å²) in [5.41, 5.74) is 8.04. The van der Waals surface area contributed by atoms with Crippen LogP contribution in [0.2, 0.25) is 0 Å². The van der Waals surface area contributed by atoms with Gasteiger partial charge in [0.05, 0.1) is 32.0 Å². The zero-order valence-corrected chi connectivity index (χ0v) is 24.4. The molecule has 2 heterocycles. The third-order valence-electron chi connectivity index (χ3n) is 7.80. The van der Waals surface area contributed by atoms with E-state index in [0.29, 0.717) is 44.0 Å². The molecule has 0 bridgehead atoms. The molecule has 3 aliphatic rings. The van der Waals surface area contributed by atoms with Gasteiger partial charge in [0.1, 0.15) is 0 Å². The van der Waals surface area contributed by atoms with Gasteiger partial charge in [-0.05, 0) is 58.0 Å². The van der Waals surface area contributed by atoms with E-state index in [0.717, 1.165) is 37.0 Å². The number of hydrogen-bond donors (Lipinski definition) is 2. The highest BCUT2D eigenvalue weighted by Gasteiger charge is 2.44. The molecule has 1 aromatic rings. The van der Waals surface area contributed by atoms with E-state index in [2.05, 4.69) is 0 Å². The number of ether oxygens (including phenoxy) is 2. The Morgan fingerprint density at radius 3 is 2.17 bits per heavy atom. The lowest BCUT2D eigenvalue weighted by Gasteiger charge is -2.43. The Morgan fingerprint density at radius 1 is 1.07 bits per heavy atom. The molecule has 0 unspecified atom stereocenters. The zero-order valence-electron chi connectivity index (χ0n) is 24.4. The molecule has 234 valence electrons. The van der Waals surface area contributed by atoms with E-state index in [9.17, 15) is 22.8 Å². The Kier molecular flexibility index (Phi) is 11.2. The van der Waals surface area contributed by atoms with E-state index >= 15 is 0 Å². The molecule has 0 radical (unpaired) electrons. The van der Waals surface area contributed by atoms with E-state index < -0.39 is 18.2 Å². The minimum absolute atomic E-state index is 0.0188. The van der Waals surface area contributed by atoms with Crippen LogP contribution in [-0.4, -0.2) is 110 Å². The Labute approximate surface area is 243 Å². The summed E-state index contributed by atoms with van der Waals surface area (Å²) in [7, 11) is 7.07. The van der Waals surface area contributed by atoms with Crippen LogP contribution in [0.15, 0.2) is 23.3 Å². The van der Waals surface area contributed by atoms with Crippen LogP contribution < -0.4 is 15.2 Å². The first-order chi connectivity index (χ1) is 19.8. The van der Waals surface area contributed by atoms with Crippen molar-refractivity contribution in [3.8, 4) is 11.5 Å². The van der Waals surface area contributed by atoms with Crippen LogP contribution in [0.1, 0.15) is 44.1 Å². The predicted octanol–water partition coefficient (Wildman–Crippen LogP) is 2.57. The van der Waals surface area contributed by atoms with Gasteiger partial charge in [-0.25, -0.2) is 9.80 Å². The quantitative estimate of drug-likeness (QED) is 0.488. The Balaban J connectivity index is 0.000000616. The molecule has 3 N–H and O–H groups in total. The maximum Gasteiger partial charge on any atom is 0.490 e. The van der Waals surface area contributed by atoms with Crippen molar-refractivity contribution in [2.75, 3.05) is 47.9 Å².